The van der Waals surface area contributed by atoms with Crippen molar-refractivity contribution in [3.05, 3.63) is 54.7 Å². The molecule has 1 aromatic heterocycles. The lowest BCUT2D eigenvalue weighted by atomic mass is 10.2. The number of anilines is 3. The second-order valence-corrected chi connectivity index (χ2v) is 4.73. The quantitative estimate of drug-likeness (QED) is 0.710. The van der Waals surface area contributed by atoms with E-state index in [1.165, 1.54) is 0 Å². The molecule has 0 amide bonds. The van der Waals surface area contributed by atoms with Gasteiger partial charge in [-0.15, -0.1) is 0 Å². The van der Waals surface area contributed by atoms with Gasteiger partial charge in [0.2, 0.25) is 0 Å². The molecule has 106 valence electrons. The van der Waals surface area contributed by atoms with Crippen LogP contribution < -0.4 is 15.8 Å². The molecule has 0 aliphatic rings. The third kappa shape index (κ3) is 2.89. The smallest absolute Gasteiger partial charge is 0.123 e. The SMILES string of the molecule is CCOc1cc(N)cc(Nc2cccc3cccnc23)c1. The zero-order valence-corrected chi connectivity index (χ0v) is 11.8. The average Bonchev–Trinajstić information content (AvgIpc) is 2.47. The van der Waals surface area contributed by atoms with Crippen molar-refractivity contribution in [1.82, 2.24) is 4.98 Å². The highest BCUT2D eigenvalue weighted by Crippen LogP contribution is 2.28. The number of pyridine rings is 1. The predicted octanol–water partition coefficient (Wildman–Crippen LogP) is 3.96. The summed E-state index contributed by atoms with van der Waals surface area (Å²) in [6, 6.07) is 15.6. The van der Waals surface area contributed by atoms with Gasteiger partial charge in [-0.25, -0.2) is 0 Å². The number of benzene rings is 2. The molecule has 3 aromatic rings. The number of aromatic nitrogens is 1. The van der Waals surface area contributed by atoms with Crippen LogP contribution >= 0.6 is 0 Å². The van der Waals surface area contributed by atoms with Crippen LogP contribution in [0.15, 0.2) is 54.7 Å². The van der Waals surface area contributed by atoms with Gasteiger partial charge in [-0.2, -0.15) is 0 Å². The monoisotopic (exact) mass is 279 g/mol. The van der Waals surface area contributed by atoms with Gasteiger partial charge in [-0.05, 0) is 25.1 Å². The summed E-state index contributed by atoms with van der Waals surface area (Å²) in [4.78, 5) is 4.43. The van der Waals surface area contributed by atoms with Gasteiger partial charge in [0.05, 0.1) is 17.8 Å². The first kappa shape index (κ1) is 13.2. The third-order valence-corrected chi connectivity index (χ3v) is 3.15. The number of hydrogen-bond donors (Lipinski definition) is 2. The molecule has 1 heterocycles. The second-order valence-electron chi connectivity index (χ2n) is 4.73. The number of hydrogen-bond acceptors (Lipinski definition) is 4. The van der Waals surface area contributed by atoms with Crippen molar-refractivity contribution >= 4 is 28.0 Å². The highest BCUT2D eigenvalue weighted by atomic mass is 16.5. The van der Waals surface area contributed by atoms with E-state index in [0.29, 0.717) is 12.3 Å². The van der Waals surface area contributed by atoms with Gasteiger partial charge < -0.3 is 15.8 Å². The molecule has 0 aliphatic carbocycles. The molecule has 0 unspecified atom stereocenters. The van der Waals surface area contributed by atoms with Crippen molar-refractivity contribution in [2.75, 3.05) is 17.7 Å². The molecular formula is C17H17N3O. The lowest BCUT2D eigenvalue weighted by Crippen LogP contribution is -1.97. The minimum atomic E-state index is 0.610. The van der Waals surface area contributed by atoms with Crippen LogP contribution in [0.2, 0.25) is 0 Å². The molecule has 2 aromatic carbocycles. The van der Waals surface area contributed by atoms with Crippen molar-refractivity contribution < 1.29 is 4.74 Å². The van der Waals surface area contributed by atoms with Crippen LogP contribution in [0.5, 0.6) is 5.75 Å². The summed E-state index contributed by atoms with van der Waals surface area (Å²) in [7, 11) is 0. The zero-order valence-electron chi connectivity index (χ0n) is 11.8. The van der Waals surface area contributed by atoms with Crippen LogP contribution in [0.1, 0.15) is 6.92 Å². The van der Waals surface area contributed by atoms with Gasteiger partial charge in [0.25, 0.3) is 0 Å². The maximum absolute atomic E-state index is 5.92. The Labute approximate surface area is 123 Å². The molecule has 4 heteroatoms. The normalized spacial score (nSPS) is 10.5. The molecule has 0 aliphatic heterocycles. The molecule has 0 radical (unpaired) electrons. The number of fused-ring (bicyclic) bond motifs is 1. The summed E-state index contributed by atoms with van der Waals surface area (Å²) < 4.78 is 5.52. The minimum absolute atomic E-state index is 0.610. The molecule has 0 saturated heterocycles. The number of nitrogen functional groups attached to an aromatic ring is 1. The summed E-state index contributed by atoms with van der Waals surface area (Å²) >= 11 is 0. The van der Waals surface area contributed by atoms with Crippen LogP contribution in [0, 0.1) is 0 Å². The predicted molar refractivity (Wildman–Crippen MR) is 87.0 cm³/mol. The van der Waals surface area contributed by atoms with Crippen molar-refractivity contribution in [2.24, 2.45) is 0 Å². The largest absolute Gasteiger partial charge is 0.494 e. The Balaban J connectivity index is 1.98. The Morgan fingerprint density at radius 1 is 1.14 bits per heavy atom. The third-order valence-electron chi connectivity index (χ3n) is 3.15. The Bertz CT molecular complexity index is 766. The lowest BCUT2D eigenvalue weighted by Gasteiger charge is -2.12. The molecule has 0 spiro atoms. The molecule has 3 N–H and O–H groups in total. The fourth-order valence-electron chi connectivity index (χ4n) is 2.30. The van der Waals surface area contributed by atoms with E-state index in [0.717, 1.165) is 28.0 Å². The van der Waals surface area contributed by atoms with E-state index in [9.17, 15) is 0 Å². The average molecular weight is 279 g/mol. The second kappa shape index (κ2) is 5.71. The minimum Gasteiger partial charge on any atom is -0.494 e. The van der Waals surface area contributed by atoms with E-state index in [-0.39, 0.29) is 0 Å². The number of nitrogens with zero attached hydrogens (tertiary/aromatic N) is 1. The van der Waals surface area contributed by atoms with Crippen LogP contribution in [-0.4, -0.2) is 11.6 Å². The molecule has 0 bridgehead atoms. The van der Waals surface area contributed by atoms with Crippen molar-refractivity contribution in [3.8, 4) is 5.75 Å². The fraction of sp³-hybridized carbons (Fsp3) is 0.118. The van der Waals surface area contributed by atoms with Crippen LogP contribution in [0.25, 0.3) is 10.9 Å². The molecule has 0 saturated carbocycles. The number of nitrogens with one attached hydrogen (secondary N) is 1. The van der Waals surface area contributed by atoms with Crippen molar-refractivity contribution in [2.45, 2.75) is 6.92 Å². The van der Waals surface area contributed by atoms with Crippen LogP contribution in [0.4, 0.5) is 17.1 Å². The maximum Gasteiger partial charge on any atom is 0.123 e. The summed E-state index contributed by atoms with van der Waals surface area (Å²) in [5, 5.41) is 4.46. The van der Waals surface area contributed by atoms with Gasteiger partial charge >= 0.3 is 0 Å². The molecule has 0 fully saturated rings. The van der Waals surface area contributed by atoms with Crippen LogP contribution in [-0.2, 0) is 0 Å². The summed E-state index contributed by atoms with van der Waals surface area (Å²) in [6.45, 7) is 2.56. The maximum atomic E-state index is 5.92. The number of ether oxygens (including phenoxy) is 1. The summed E-state index contributed by atoms with van der Waals surface area (Å²) in [5.41, 5.74) is 9.35. The van der Waals surface area contributed by atoms with Gasteiger partial charge in [-0.3, -0.25) is 4.98 Å². The van der Waals surface area contributed by atoms with Crippen molar-refractivity contribution in [1.29, 1.82) is 0 Å². The van der Waals surface area contributed by atoms with Crippen molar-refractivity contribution in [3.63, 3.8) is 0 Å². The van der Waals surface area contributed by atoms with Crippen LogP contribution in [0.3, 0.4) is 0 Å². The topological polar surface area (TPSA) is 60.2 Å². The lowest BCUT2D eigenvalue weighted by molar-refractivity contribution is 0.340. The Hall–Kier alpha value is -2.75. The zero-order chi connectivity index (χ0) is 14.7. The van der Waals surface area contributed by atoms with Gasteiger partial charge in [0.1, 0.15) is 5.75 Å². The van der Waals surface area contributed by atoms with E-state index >= 15 is 0 Å². The summed E-state index contributed by atoms with van der Waals surface area (Å²) in [5.74, 6) is 0.758. The molecular weight excluding hydrogens is 262 g/mol. The standard InChI is InChI=1S/C17H17N3O/c1-2-21-15-10-13(18)9-14(11-15)20-16-7-3-5-12-6-4-8-19-17(12)16/h3-11,20H,2,18H2,1H3. The van der Waals surface area contributed by atoms with E-state index in [1.807, 2.05) is 55.5 Å². The van der Waals surface area contributed by atoms with Gasteiger partial charge in [-0.1, -0.05) is 18.2 Å². The Morgan fingerprint density at radius 3 is 2.86 bits per heavy atom. The number of para-hydroxylation sites is 1. The summed E-state index contributed by atoms with van der Waals surface area (Å²) in [6.07, 6.45) is 1.79. The molecule has 21 heavy (non-hydrogen) atoms. The Morgan fingerprint density at radius 2 is 2.00 bits per heavy atom. The first-order valence-electron chi connectivity index (χ1n) is 6.90. The molecule has 0 atom stereocenters. The van der Waals surface area contributed by atoms with E-state index < -0.39 is 0 Å². The van der Waals surface area contributed by atoms with Gasteiger partial charge in [0.15, 0.2) is 0 Å². The van der Waals surface area contributed by atoms with E-state index in [4.69, 9.17) is 10.5 Å². The number of rotatable bonds is 4. The fourth-order valence-corrected chi connectivity index (χ4v) is 2.30. The first-order chi connectivity index (χ1) is 10.3. The van der Waals surface area contributed by atoms with E-state index in [1.54, 1.807) is 6.20 Å². The first-order valence-corrected chi connectivity index (χ1v) is 6.90. The van der Waals surface area contributed by atoms with E-state index in [2.05, 4.69) is 10.3 Å². The highest BCUT2D eigenvalue weighted by Gasteiger charge is 2.04. The Kier molecular flexibility index (Phi) is 3.60. The van der Waals surface area contributed by atoms with Gasteiger partial charge in [0, 0.05) is 35.1 Å². The molecule has 3 rings (SSSR count). The highest BCUT2D eigenvalue weighted by molar-refractivity contribution is 5.92. The molecule has 4 nitrogen and oxygen atoms in total. The number of nitrogens with two attached hydrogens (primary N) is 1.